The van der Waals surface area contributed by atoms with Crippen LogP contribution in [0.3, 0.4) is 0 Å². The number of nitrogens with zero attached hydrogens (tertiary/aromatic N) is 2. The van der Waals surface area contributed by atoms with Crippen LogP contribution in [0.5, 0.6) is 0 Å². The first-order valence-corrected chi connectivity index (χ1v) is 21.5. The third kappa shape index (κ3) is 6.13. The van der Waals surface area contributed by atoms with Gasteiger partial charge in [-0.15, -0.1) is 0 Å². The molecule has 2 aromatic heterocycles. The Kier molecular flexibility index (Phi) is 8.83. The van der Waals surface area contributed by atoms with Crippen molar-refractivity contribution in [3.05, 3.63) is 243 Å². The maximum Gasteiger partial charge on any atom is 0.143 e. The van der Waals surface area contributed by atoms with Gasteiger partial charge in [-0.25, -0.2) is 0 Å². The molecule has 0 spiro atoms. The second-order valence-electron chi connectivity index (χ2n) is 16.0. The molecule has 0 saturated carbocycles. The normalized spacial score (nSPS) is 11.5. The highest BCUT2D eigenvalue weighted by Crippen LogP contribution is 2.50. The van der Waals surface area contributed by atoms with Gasteiger partial charge in [0.1, 0.15) is 11.2 Å². The summed E-state index contributed by atoms with van der Waals surface area (Å²) in [5, 5.41) is 4.56. The van der Waals surface area contributed by atoms with Crippen LogP contribution < -0.4 is 4.90 Å². The minimum absolute atomic E-state index is 0.880. The Hall–Kier alpha value is -8.40. The number of benzene rings is 10. The van der Waals surface area contributed by atoms with E-state index in [1.807, 2.05) is 6.07 Å². The lowest BCUT2D eigenvalue weighted by atomic mass is 9.94. The Balaban J connectivity index is 1.15. The predicted octanol–water partition coefficient (Wildman–Crippen LogP) is 16.8. The smallest absolute Gasteiger partial charge is 0.143 e. The first-order chi connectivity index (χ1) is 31.3. The minimum Gasteiger partial charge on any atom is -0.455 e. The second kappa shape index (κ2) is 15.3. The van der Waals surface area contributed by atoms with Gasteiger partial charge in [-0.3, -0.25) is 0 Å². The molecule has 0 aliphatic rings. The summed E-state index contributed by atoms with van der Waals surface area (Å²) in [6, 6.07) is 87.1. The zero-order chi connectivity index (χ0) is 41.7. The topological polar surface area (TPSA) is 21.3 Å². The highest BCUT2D eigenvalue weighted by atomic mass is 16.3. The fourth-order valence-electron chi connectivity index (χ4n) is 9.64. The van der Waals surface area contributed by atoms with Crippen molar-refractivity contribution in [2.45, 2.75) is 0 Å². The molecule has 12 aromatic rings. The predicted molar refractivity (Wildman–Crippen MR) is 264 cm³/mol. The molecule has 296 valence electrons. The van der Waals surface area contributed by atoms with Crippen LogP contribution >= 0.6 is 0 Å². The Bertz CT molecular complexity index is 3620. The molecular formula is C60H40N2O. The zero-order valence-corrected chi connectivity index (χ0v) is 34.4. The van der Waals surface area contributed by atoms with Gasteiger partial charge in [0.05, 0.1) is 28.1 Å². The molecule has 0 radical (unpaired) electrons. The fourth-order valence-corrected chi connectivity index (χ4v) is 9.64. The van der Waals surface area contributed by atoms with E-state index in [0.29, 0.717) is 0 Å². The minimum atomic E-state index is 0.880. The van der Waals surface area contributed by atoms with E-state index in [4.69, 9.17) is 4.42 Å². The molecular weight excluding hydrogens is 765 g/mol. The summed E-state index contributed by atoms with van der Waals surface area (Å²) in [6.45, 7) is 0. The van der Waals surface area contributed by atoms with E-state index in [2.05, 4.69) is 246 Å². The third-order valence-electron chi connectivity index (χ3n) is 12.4. The van der Waals surface area contributed by atoms with E-state index >= 15 is 0 Å². The highest BCUT2D eigenvalue weighted by Gasteiger charge is 2.26. The molecule has 0 aliphatic carbocycles. The Labute approximate surface area is 366 Å². The van der Waals surface area contributed by atoms with Gasteiger partial charge in [-0.1, -0.05) is 194 Å². The van der Waals surface area contributed by atoms with Gasteiger partial charge in [-0.05, 0) is 76.3 Å². The Morgan fingerprint density at radius 3 is 1.57 bits per heavy atom. The lowest BCUT2D eigenvalue weighted by Gasteiger charge is -2.30. The fraction of sp³-hybridized carbons (Fsp3) is 0. The van der Waals surface area contributed by atoms with E-state index in [-0.39, 0.29) is 0 Å². The number of anilines is 3. The second-order valence-corrected chi connectivity index (χ2v) is 16.0. The molecule has 10 aromatic carbocycles. The van der Waals surface area contributed by atoms with Crippen molar-refractivity contribution in [2.75, 3.05) is 4.90 Å². The number of aromatic nitrogens is 1. The van der Waals surface area contributed by atoms with Crippen molar-refractivity contribution < 1.29 is 4.42 Å². The average Bonchev–Trinajstić information content (AvgIpc) is 3.92. The van der Waals surface area contributed by atoms with E-state index in [1.54, 1.807) is 0 Å². The molecule has 0 N–H and O–H groups in total. The standard InChI is InChI=1S/C60H40N2O/c1-4-20-41(21-5-1)45-39-38-44(40-52(45)43-24-8-3-9-25-43)61-55-34-16-12-29-51(55)59-56(61)35-19-36-57(59)62(53-32-14-10-26-46(53)42-22-6-2-7-23-42)54-33-15-11-27-47(54)49-30-18-31-50-48-28-13-17-37-58(48)63-60(49)50/h1-40H. The largest absolute Gasteiger partial charge is 0.455 e. The lowest BCUT2D eigenvalue weighted by molar-refractivity contribution is 0.670. The number of hydrogen-bond acceptors (Lipinski definition) is 2. The molecule has 0 aliphatic heterocycles. The van der Waals surface area contributed by atoms with Gasteiger partial charge in [0, 0.05) is 43.9 Å². The maximum absolute atomic E-state index is 6.71. The van der Waals surface area contributed by atoms with Crippen molar-refractivity contribution in [1.29, 1.82) is 0 Å². The van der Waals surface area contributed by atoms with Crippen LogP contribution in [0.4, 0.5) is 17.1 Å². The molecule has 0 fully saturated rings. The summed E-state index contributed by atoms with van der Waals surface area (Å²) in [4.78, 5) is 2.48. The van der Waals surface area contributed by atoms with E-state index in [9.17, 15) is 0 Å². The van der Waals surface area contributed by atoms with Gasteiger partial charge in [-0.2, -0.15) is 0 Å². The van der Waals surface area contributed by atoms with E-state index in [1.165, 1.54) is 33.0 Å². The number of para-hydroxylation sites is 5. The highest BCUT2D eigenvalue weighted by molar-refractivity contribution is 6.18. The number of fused-ring (bicyclic) bond motifs is 6. The van der Waals surface area contributed by atoms with Gasteiger partial charge >= 0.3 is 0 Å². The van der Waals surface area contributed by atoms with Crippen LogP contribution in [0.25, 0.3) is 93.9 Å². The Morgan fingerprint density at radius 1 is 0.317 bits per heavy atom. The van der Waals surface area contributed by atoms with Gasteiger partial charge in [0.25, 0.3) is 0 Å². The maximum atomic E-state index is 6.71. The molecule has 0 saturated heterocycles. The van der Waals surface area contributed by atoms with Crippen LogP contribution in [0, 0.1) is 0 Å². The summed E-state index contributed by atoms with van der Waals surface area (Å²) in [5.41, 5.74) is 17.5. The molecule has 0 bridgehead atoms. The van der Waals surface area contributed by atoms with Crippen molar-refractivity contribution in [1.82, 2.24) is 4.57 Å². The molecule has 0 atom stereocenters. The zero-order valence-electron chi connectivity index (χ0n) is 34.4. The van der Waals surface area contributed by atoms with Crippen molar-refractivity contribution in [3.8, 4) is 50.2 Å². The first-order valence-electron chi connectivity index (χ1n) is 21.5. The molecule has 3 nitrogen and oxygen atoms in total. The summed E-state index contributed by atoms with van der Waals surface area (Å²) in [6.07, 6.45) is 0. The Morgan fingerprint density at radius 2 is 0.825 bits per heavy atom. The van der Waals surface area contributed by atoms with Crippen molar-refractivity contribution in [3.63, 3.8) is 0 Å². The average molecular weight is 805 g/mol. The SMILES string of the molecule is c1ccc(-c2ccc(-n3c4ccccc4c4c(N(c5ccccc5-c5ccccc5)c5ccccc5-c5cccc6c5oc5ccccc56)cccc43)cc2-c2ccccc2)cc1. The summed E-state index contributed by atoms with van der Waals surface area (Å²) in [5.74, 6) is 0. The third-order valence-corrected chi connectivity index (χ3v) is 12.4. The summed E-state index contributed by atoms with van der Waals surface area (Å²) in [7, 11) is 0. The van der Waals surface area contributed by atoms with Crippen LogP contribution in [-0.4, -0.2) is 4.57 Å². The summed E-state index contributed by atoms with van der Waals surface area (Å²) < 4.78 is 9.16. The van der Waals surface area contributed by atoms with Crippen LogP contribution in [0.2, 0.25) is 0 Å². The van der Waals surface area contributed by atoms with Crippen molar-refractivity contribution >= 4 is 60.8 Å². The summed E-state index contributed by atoms with van der Waals surface area (Å²) >= 11 is 0. The van der Waals surface area contributed by atoms with E-state index < -0.39 is 0 Å². The molecule has 12 rings (SSSR count). The quantitative estimate of drug-likeness (QED) is 0.153. The molecule has 3 heteroatoms. The molecule has 0 amide bonds. The lowest BCUT2D eigenvalue weighted by Crippen LogP contribution is -2.13. The van der Waals surface area contributed by atoms with E-state index in [0.717, 1.165) is 78.0 Å². The molecule has 0 unspecified atom stereocenters. The monoisotopic (exact) mass is 804 g/mol. The van der Waals surface area contributed by atoms with Gasteiger partial charge in [0.2, 0.25) is 0 Å². The number of hydrogen-bond donors (Lipinski definition) is 0. The van der Waals surface area contributed by atoms with Crippen molar-refractivity contribution in [2.24, 2.45) is 0 Å². The van der Waals surface area contributed by atoms with Crippen LogP contribution in [0.15, 0.2) is 247 Å². The number of furan rings is 1. The first kappa shape index (κ1) is 36.5. The molecule has 2 heterocycles. The van der Waals surface area contributed by atoms with Gasteiger partial charge < -0.3 is 13.9 Å². The molecule has 63 heavy (non-hydrogen) atoms. The van der Waals surface area contributed by atoms with Crippen LogP contribution in [-0.2, 0) is 0 Å². The number of rotatable bonds is 8. The van der Waals surface area contributed by atoms with Crippen LogP contribution in [0.1, 0.15) is 0 Å². The van der Waals surface area contributed by atoms with Gasteiger partial charge in [0.15, 0.2) is 0 Å².